The Labute approximate surface area is 185 Å². The van der Waals surface area contributed by atoms with E-state index in [0.717, 1.165) is 24.3 Å². The van der Waals surface area contributed by atoms with Crippen molar-refractivity contribution in [2.24, 2.45) is 0 Å². The van der Waals surface area contributed by atoms with Crippen LogP contribution in [0.25, 0.3) is 22.5 Å². The van der Waals surface area contributed by atoms with E-state index >= 15 is 0 Å². The standard InChI is InChI=1S/C24H23FN5O2/c1-14-12-17-13-16(4-7-19(17)24(31)27-14)21-23(26)29-22(25)20(28-21)15-2-5-18(6-3-15)30-8-10-32-11-9-30/h2-7,13-14H,1,8-12H2,(H2,26,29)(H,27,31). The number of hydrogen-bond acceptors (Lipinski definition) is 6. The third-order valence-corrected chi connectivity index (χ3v) is 5.82. The van der Waals surface area contributed by atoms with Gasteiger partial charge < -0.3 is 20.7 Å². The van der Waals surface area contributed by atoms with E-state index in [2.05, 4.69) is 27.1 Å². The number of nitrogens with one attached hydrogen (secondary N) is 1. The molecule has 5 rings (SSSR count). The molecule has 0 saturated carbocycles. The Morgan fingerprint density at radius 3 is 2.53 bits per heavy atom. The molecule has 2 aliphatic heterocycles. The first-order valence-electron chi connectivity index (χ1n) is 10.5. The molecule has 1 unspecified atom stereocenters. The Bertz CT molecular complexity index is 1180. The maximum absolute atomic E-state index is 14.7. The van der Waals surface area contributed by atoms with Crippen LogP contribution in [0.2, 0.25) is 0 Å². The molecule has 0 bridgehead atoms. The van der Waals surface area contributed by atoms with E-state index in [-0.39, 0.29) is 23.5 Å². The van der Waals surface area contributed by atoms with Gasteiger partial charge in [-0.2, -0.15) is 9.37 Å². The normalized spacial score (nSPS) is 18.2. The lowest BCUT2D eigenvalue weighted by Gasteiger charge is -2.28. The first-order valence-corrected chi connectivity index (χ1v) is 10.5. The molecule has 1 atom stereocenters. The van der Waals surface area contributed by atoms with E-state index in [4.69, 9.17) is 10.5 Å². The Kier molecular flexibility index (Phi) is 5.22. The molecule has 2 aliphatic rings. The summed E-state index contributed by atoms with van der Waals surface area (Å²) in [5.74, 6) is -0.875. The van der Waals surface area contributed by atoms with Gasteiger partial charge in [-0.3, -0.25) is 4.79 Å². The fraction of sp³-hybridized carbons (Fsp3) is 0.250. The zero-order valence-electron chi connectivity index (χ0n) is 17.5. The number of rotatable bonds is 3. The molecule has 0 spiro atoms. The van der Waals surface area contributed by atoms with Crippen molar-refractivity contribution in [3.8, 4) is 22.5 Å². The zero-order valence-corrected chi connectivity index (χ0v) is 17.5. The van der Waals surface area contributed by atoms with Crippen LogP contribution < -0.4 is 16.0 Å². The zero-order chi connectivity index (χ0) is 22.2. The number of morpholine rings is 1. The van der Waals surface area contributed by atoms with Gasteiger partial charge in [0.1, 0.15) is 11.4 Å². The minimum Gasteiger partial charge on any atom is -0.382 e. The lowest BCUT2D eigenvalue weighted by molar-refractivity contribution is 0.0934. The molecule has 8 heteroatoms. The van der Waals surface area contributed by atoms with Gasteiger partial charge in [0.05, 0.1) is 13.2 Å². The Morgan fingerprint density at radius 1 is 1.06 bits per heavy atom. The number of amides is 1. The van der Waals surface area contributed by atoms with Crippen LogP contribution >= 0.6 is 0 Å². The predicted molar refractivity (Wildman–Crippen MR) is 121 cm³/mol. The van der Waals surface area contributed by atoms with Crippen molar-refractivity contribution < 1.29 is 13.9 Å². The maximum atomic E-state index is 14.7. The number of halogens is 1. The Morgan fingerprint density at radius 2 is 1.78 bits per heavy atom. The second kappa shape index (κ2) is 8.20. The minimum absolute atomic E-state index is 0.00238. The number of fused-ring (bicyclic) bond motifs is 1. The van der Waals surface area contributed by atoms with Crippen LogP contribution in [-0.4, -0.2) is 48.2 Å². The van der Waals surface area contributed by atoms with E-state index in [1.165, 1.54) is 0 Å². The summed E-state index contributed by atoms with van der Waals surface area (Å²) in [5.41, 5.74) is 10.3. The molecule has 1 saturated heterocycles. The first kappa shape index (κ1) is 20.4. The number of benzene rings is 2. The van der Waals surface area contributed by atoms with Crippen LogP contribution in [0.15, 0.2) is 42.5 Å². The highest BCUT2D eigenvalue weighted by Crippen LogP contribution is 2.31. The highest BCUT2D eigenvalue weighted by molar-refractivity contribution is 5.97. The smallest absolute Gasteiger partial charge is 0.251 e. The third-order valence-electron chi connectivity index (χ3n) is 5.82. The summed E-state index contributed by atoms with van der Waals surface area (Å²) < 4.78 is 20.1. The van der Waals surface area contributed by atoms with E-state index in [9.17, 15) is 9.18 Å². The van der Waals surface area contributed by atoms with Crippen molar-refractivity contribution >= 4 is 17.4 Å². The molecule has 32 heavy (non-hydrogen) atoms. The van der Waals surface area contributed by atoms with Crippen LogP contribution in [0.3, 0.4) is 0 Å². The molecule has 1 radical (unpaired) electrons. The summed E-state index contributed by atoms with van der Waals surface area (Å²) in [7, 11) is 0. The van der Waals surface area contributed by atoms with E-state index in [1.807, 2.05) is 30.3 Å². The Balaban J connectivity index is 1.50. The predicted octanol–water partition coefficient (Wildman–Crippen LogP) is 2.86. The van der Waals surface area contributed by atoms with E-state index < -0.39 is 5.95 Å². The number of nitrogens with two attached hydrogens (primary N) is 1. The number of carbonyl (C=O) groups excluding carboxylic acids is 1. The van der Waals surface area contributed by atoms with Crippen LogP contribution in [0.5, 0.6) is 0 Å². The molecule has 2 aromatic carbocycles. The van der Waals surface area contributed by atoms with Gasteiger partial charge in [-0.1, -0.05) is 18.2 Å². The quantitative estimate of drug-likeness (QED) is 0.661. The average molecular weight is 432 g/mol. The van der Waals surface area contributed by atoms with E-state index in [0.29, 0.717) is 42.0 Å². The number of hydrogen-bond donors (Lipinski definition) is 2. The van der Waals surface area contributed by atoms with Gasteiger partial charge in [0.25, 0.3) is 5.91 Å². The van der Waals surface area contributed by atoms with Gasteiger partial charge in [0.15, 0.2) is 5.82 Å². The summed E-state index contributed by atoms with van der Waals surface area (Å²) >= 11 is 0. The molecule has 0 aliphatic carbocycles. The molecule has 3 heterocycles. The molecule has 1 amide bonds. The third kappa shape index (κ3) is 3.78. The largest absolute Gasteiger partial charge is 0.382 e. The molecule has 1 aromatic heterocycles. The van der Waals surface area contributed by atoms with Gasteiger partial charge in [0, 0.05) is 41.5 Å². The number of carbonyl (C=O) groups is 1. The number of nitrogens with zero attached hydrogens (tertiary/aromatic N) is 3. The Hall–Kier alpha value is -3.52. The molecule has 1 fully saturated rings. The number of anilines is 2. The second-order valence-corrected chi connectivity index (χ2v) is 7.99. The number of aromatic nitrogens is 2. The molecule has 7 nitrogen and oxygen atoms in total. The summed E-state index contributed by atoms with van der Waals surface area (Å²) in [6, 6.07) is 12.7. The van der Waals surface area contributed by atoms with Gasteiger partial charge >= 0.3 is 0 Å². The van der Waals surface area contributed by atoms with E-state index in [1.54, 1.807) is 12.1 Å². The summed E-state index contributed by atoms with van der Waals surface area (Å²) in [6.45, 7) is 6.97. The lowest BCUT2D eigenvalue weighted by Crippen LogP contribution is -2.39. The van der Waals surface area contributed by atoms with Crippen LogP contribution in [0.4, 0.5) is 15.9 Å². The molecule has 3 aromatic rings. The first-order chi connectivity index (χ1) is 15.5. The molecular weight excluding hydrogens is 409 g/mol. The maximum Gasteiger partial charge on any atom is 0.251 e. The van der Waals surface area contributed by atoms with Crippen molar-refractivity contribution in [1.29, 1.82) is 0 Å². The van der Waals surface area contributed by atoms with Crippen molar-refractivity contribution in [2.75, 3.05) is 36.9 Å². The summed E-state index contributed by atoms with van der Waals surface area (Å²) in [5, 5.41) is 2.81. The number of nitrogen functional groups attached to an aromatic ring is 1. The van der Waals surface area contributed by atoms with Crippen molar-refractivity contribution in [3.63, 3.8) is 0 Å². The van der Waals surface area contributed by atoms with Gasteiger partial charge in [-0.05, 0) is 43.2 Å². The van der Waals surface area contributed by atoms with Crippen LogP contribution in [0.1, 0.15) is 15.9 Å². The van der Waals surface area contributed by atoms with Gasteiger partial charge in [0.2, 0.25) is 5.95 Å². The highest BCUT2D eigenvalue weighted by atomic mass is 19.1. The van der Waals surface area contributed by atoms with Crippen molar-refractivity contribution in [2.45, 2.75) is 12.5 Å². The van der Waals surface area contributed by atoms with Crippen molar-refractivity contribution in [1.82, 2.24) is 15.3 Å². The monoisotopic (exact) mass is 432 g/mol. The highest BCUT2D eigenvalue weighted by Gasteiger charge is 2.23. The summed E-state index contributed by atoms with van der Waals surface area (Å²) in [6.07, 6.45) is 0.597. The average Bonchev–Trinajstić information content (AvgIpc) is 2.79. The van der Waals surface area contributed by atoms with Crippen molar-refractivity contribution in [3.05, 3.63) is 66.5 Å². The molecular formula is C24H23FN5O2. The summed E-state index contributed by atoms with van der Waals surface area (Å²) in [4.78, 5) is 22.8. The second-order valence-electron chi connectivity index (χ2n) is 7.99. The topological polar surface area (TPSA) is 93.4 Å². The van der Waals surface area contributed by atoms with Gasteiger partial charge in [-0.25, -0.2) is 4.98 Å². The number of ether oxygens (including phenoxy) is 1. The fourth-order valence-electron chi connectivity index (χ4n) is 4.19. The SMILES string of the molecule is [CH2]C1Cc2cc(-c3nc(-c4ccc(N5CCOCC5)cc4)c(F)nc3N)ccc2C(=O)N1. The van der Waals surface area contributed by atoms with Crippen LogP contribution in [0, 0.1) is 12.9 Å². The molecule has 3 N–H and O–H groups in total. The van der Waals surface area contributed by atoms with Crippen LogP contribution in [-0.2, 0) is 11.2 Å². The minimum atomic E-state index is -0.722. The fourth-order valence-corrected chi connectivity index (χ4v) is 4.19. The van der Waals surface area contributed by atoms with Gasteiger partial charge in [-0.15, -0.1) is 0 Å². The lowest BCUT2D eigenvalue weighted by atomic mass is 9.93. The molecule has 163 valence electrons.